The van der Waals surface area contributed by atoms with Crippen LogP contribution < -0.4 is 15.0 Å². The van der Waals surface area contributed by atoms with Gasteiger partial charge in [0.25, 0.3) is 0 Å². The summed E-state index contributed by atoms with van der Waals surface area (Å²) in [5.74, 6) is 1.06. The Labute approximate surface area is 143 Å². The molecular weight excluding hydrogens is 316 g/mol. The maximum Gasteiger partial charge on any atom is 0.235 e. The van der Waals surface area contributed by atoms with Crippen molar-refractivity contribution in [3.05, 3.63) is 23.8 Å². The topological polar surface area (TPSA) is 50.8 Å². The van der Waals surface area contributed by atoms with Gasteiger partial charge in [-0.15, -0.1) is 12.4 Å². The van der Waals surface area contributed by atoms with E-state index in [1.165, 1.54) is 5.56 Å². The summed E-state index contributed by atoms with van der Waals surface area (Å²) in [5, 5.41) is 3.33. The van der Waals surface area contributed by atoms with Crippen molar-refractivity contribution in [2.24, 2.45) is 5.41 Å². The van der Waals surface area contributed by atoms with Crippen molar-refractivity contribution in [2.45, 2.75) is 19.3 Å². The van der Waals surface area contributed by atoms with Gasteiger partial charge in [0.15, 0.2) is 0 Å². The number of methoxy groups -OCH3 is 2. The molecule has 0 saturated carbocycles. The van der Waals surface area contributed by atoms with Crippen LogP contribution in [0.3, 0.4) is 0 Å². The molecule has 1 saturated heterocycles. The third kappa shape index (κ3) is 3.32. The summed E-state index contributed by atoms with van der Waals surface area (Å²) in [6.07, 6.45) is 2.56. The van der Waals surface area contributed by atoms with Crippen LogP contribution in [0.25, 0.3) is 0 Å². The lowest BCUT2D eigenvalue weighted by Gasteiger charge is -2.38. The lowest BCUT2D eigenvalue weighted by Crippen LogP contribution is -2.51. The van der Waals surface area contributed by atoms with E-state index in [4.69, 9.17) is 9.47 Å². The Morgan fingerprint density at radius 1 is 1.30 bits per heavy atom. The van der Waals surface area contributed by atoms with Crippen molar-refractivity contribution >= 4 is 24.0 Å². The average molecular weight is 341 g/mol. The Morgan fingerprint density at radius 2 is 2.04 bits per heavy atom. The van der Waals surface area contributed by atoms with Gasteiger partial charge < -0.3 is 19.7 Å². The van der Waals surface area contributed by atoms with Gasteiger partial charge in [-0.3, -0.25) is 4.79 Å². The minimum absolute atomic E-state index is 0. The molecule has 1 aromatic carbocycles. The van der Waals surface area contributed by atoms with Crippen molar-refractivity contribution in [3.8, 4) is 5.75 Å². The Hall–Kier alpha value is -1.30. The Kier molecular flexibility index (Phi) is 5.89. The van der Waals surface area contributed by atoms with Gasteiger partial charge in [-0.2, -0.15) is 0 Å². The van der Waals surface area contributed by atoms with Crippen LogP contribution in [0.15, 0.2) is 18.2 Å². The third-order valence-corrected chi connectivity index (χ3v) is 4.86. The Bertz CT molecular complexity index is 553. The molecule has 3 rings (SSSR count). The lowest BCUT2D eigenvalue weighted by atomic mass is 9.78. The number of hydrogen-bond donors (Lipinski definition) is 1. The molecule has 0 bridgehead atoms. The summed E-state index contributed by atoms with van der Waals surface area (Å²) < 4.78 is 10.7. The molecule has 1 amide bonds. The fourth-order valence-corrected chi connectivity index (χ4v) is 3.60. The SMILES string of the molecule is COCC1(C(=O)N2CCc3cc(OC)ccc32)CCNCC1.Cl. The number of amides is 1. The van der Waals surface area contributed by atoms with Crippen LogP contribution in [0.2, 0.25) is 0 Å². The largest absolute Gasteiger partial charge is 0.497 e. The zero-order chi connectivity index (χ0) is 15.6. The molecule has 23 heavy (non-hydrogen) atoms. The quantitative estimate of drug-likeness (QED) is 0.911. The molecule has 6 heteroatoms. The fraction of sp³-hybridized carbons (Fsp3) is 0.588. The predicted octanol–water partition coefficient (Wildman–Crippen LogP) is 2.02. The van der Waals surface area contributed by atoms with E-state index in [1.807, 2.05) is 23.1 Å². The highest BCUT2D eigenvalue weighted by Gasteiger charge is 2.44. The summed E-state index contributed by atoms with van der Waals surface area (Å²) in [7, 11) is 3.35. The van der Waals surface area contributed by atoms with Gasteiger partial charge in [0.05, 0.1) is 19.1 Å². The van der Waals surface area contributed by atoms with E-state index in [9.17, 15) is 4.79 Å². The lowest BCUT2D eigenvalue weighted by molar-refractivity contribution is -0.133. The number of piperidine rings is 1. The van der Waals surface area contributed by atoms with Crippen molar-refractivity contribution < 1.29 is 14.3 Å². The summed E-state index contributed by atoms with van der Waals surface area (Å²) >= 11 is 0. The van der Waals surface area contributed by atoms with Crippen LogP contribution in [-0.4, -0.2) is 46.4 Å². The van der Waals surface area contributed by atoms with Gasteiger partial charge in [-0.25, -0.2) is 0 Å². The second kappa shape index (κ2) is 7.51. The standard InChI is InChI=1S/C17H24N2O3.ClH/c1-21-12-17(6-8-18-9-7-17)16(20)19-10-5-13-11-14(22-2)3-4-15(13)19;/h3-4,11,18H,5-10,12H2,1-2H3;1H. The molecule has 1 fully saturated rings. The van der Waals surface area contributed by atoms with Gasteiger partial charge in [0.1, 0.15) is 5.75 Å². The first kappa shape index (κ1) is 18.0. The van der Waals surface area contributed by atoms with E-state index < -0.39 is 0 Å². The molecule has 0 spiro atoms. The number of benzene rings is 1. The minimum Gasteiger partial charge on any atom is -0.497 e. The Morgan fingerprint density at radius 3 is 2.70 bits per heavy atom. The molecule has 2 aliphatic heterocycles. The number of fused-ring (bicyclic) bond motifs is 1. The molecule has 2 aliphatic rings. The molecule has 0 aromatic heterocycles. The molecule has 0 radical (unpaired) electrons. The van der Waals surface area contributed by atoms with Gasteiger partial charge in [-0.05, 0) is 56.1 Å². The normalized spacial score (nSPS) is 19.0. The summed E-state index contributed by atoms with van der Waals surface area (Å²) in [5.41, 5.74) is 1.83. The second-order valence-electron chi connectivity index (χ2n) is 6.16. The predicted molar refractivity (Wildman–Crippen MR) is 92.7 cm³/mol. The van der Waals surface area contributed by atoms with Crippen LogP contribution in [0.5, 0.6) is 5.75 Å². The highest BCUT2D eigenvalue weighted by atomic mass is 35.5. The molecule has 5 nitrogen and oxygen atoms in total. The zero-order valence-corrected chi connectivity index (χ0v) is 14.6. The van der Waals surface area contributed by atoms with Gasteiger partial charge in [0.2, 0.25) is 5.91 Å². The van der Waals surface area contributed by atoms with E-state index in [1.54, 1.807) is 14.2 Å². The molecular formula is C17H25ClN2O3. The fourth-order valence-electron chi connectivity index (χ4n) is 3.60. The smallest absolute Gasteiger partial charge is 0.235 e. The van der Waals surface area contributed by atoms with Gasteiger partial charge >= 0.3 is 0 Å². The van der Waals surface area contributed by atoms with Crippen LogP contribution in [-0.2, 0) is 16.0 Å². The molecule has 1 N–H and O–H groups in total. The monoisotopic (exact) mass is 340 g/mol. The second-order valence-corrected chi connectivity index (χ2v) is 6.16. The van der Waals surface area contributed by atoms with E-state index in [0.29, 0.717) is 6.61 Å². The number of ether oxygens (including phenoxy) is 2. The number of rotatable bonds is 4. The first-order chi connectivity index (χ1) is 10.7. The van der Waals surface area contributed by atoms with Crippen LogP contribution in [0.4, 0.5) is 5.69 Å². The number of carbonyl (C=O) groups is 1. The minimum atomic E-state index is -0.387. The van der Waals surface area contributed by atoms with Gasteiger partial charge in [-0.1, -0.05) is 0 Å². The molecule has 2 heterocycles. The molecule has 128 valence electrons. The molecule has 0 aliphatic carbocycles. The molecule has 0 unspecified atom stereocenters. The zero-order valence-electron chi connectivity index (χ0n) is 13.8. The van der Waals surface area contributed by atoms with E-state index in [0.717, 1.165) is 50.3 Å². The summed E-state index contributed by atoms with van der Waals surface area (Å²) in [6, 6.07) is 5.96. The number of halogens is 1. The highest BCUT2D eigenvalue weighted by Crippen LogP contribution is 2.38. The van der Waals surface area contributed by atoms with Crippen molar-refractivity contribution in [2.75, 3.05) is 45.4 Å². The highest BCUT2D eigenvalue weighted by molar-refractivity contribution is 5.99. The van der Waals surface area contributed by atoms with Crippen LogP contribution in [0, 0.1) is 5.41 Å². The van der Waals surface area contributed by atoms with E-state index >= 15 is 0 Å². The molecule has 1 aromatic rings. The number of carbonyl (C=O) groups excluding carboxylic acids is 1. The average Bonchev–Trinajstić information content (AvgIpc) is 2.98. The number of anilines is 1. The first-order valence-corrected chi connectivity index (χ1v) is 7.89. The van der Waals surface area contributed by atoms with Crippen molar-refractivity contribution in [1.82, 2.24) is 5.32 Å². The molecule has 0 atom stereocenters. The van der Waals surface area contributed by atoms with E-state index in [-0.39, 0.29) is 23.7 Å². The maximum absolute atomic E-state index is 13.2. The first-order valence-electron chi connectivity index (χ1n) is 7.89. The number of hydrogen-bond acceptors (Lipinski definition) is 4. The number of nitrogens with one attached hydrogen (secondary N) is 1. The summed E-state index contributed by atoms with van der Waals surface area (Å²) in [4.78, 5) is 15.2. The van der Waals surface area contributed by atoms with Gasteiger partial charge in [0, 0.05) is 19.3 Å². The third-order valence-electron chi connectivity index (χ3n) is 4.86. The number of nitrogens with zero attached hydrogens (tertiary/aromatic N) is 1. The van der Waals surface area contributed by atoms with Crippen molar-refractivity contribution in [1.29, 1.82) is 0 Å². The maximum atomic E-state index is 13.2. The van der Waals surface area contributed by atoms with Crippen LogP contribution in [0.1, 0.15) is 18.4 Å². The van der Waals surface area contributed by atoms with E-state index in [2.05, 4.69) is 5.32 Å². The van der Waals surface area contributed by atoms with Crippen molar-refractivity contribution in [3.63, 3.8) is 0 Å². The van der Waals surface area contributed by atoms with Crippen LogP contribution >= 0.6 is 12.4 Å². The Balaban J connectivity index is 0.00000192. The summed E-state index contributed by atoms with van der Waals surface area (Å²) in [6.45, 7) is 2.99.